The highest BCUT2D eigenvalue weighted by Crippen LogP contribution is 2.40. The monoisotopic (exact) mass is 410 g/mol. The van der Waals surface area contributed by atoms with Crippen molar-refractivity contribution in [2.75, 3.05) is 5.32 Å². The predicted molar refractivity (Wildman–Crippen MR) is 99.2 cm³/mol. The number of thiazole rings is 1. The van der Waals surface area contributed by atoms with E-state index in [0.29, 0.717) is 5.75 Å². The van der Waals surface area contributed by atoms with Gasteiger partial charge in [0.05, 0.1) is 16.9 Å². The van der Waals surface area contributed by atoms with E-state index in [9.17, 15) is 18.0 Å². The smallest absolute Gasteiger partial charge is 0.446 e. The van der Waals surface area contributed by atoms with Gasteiger partial charge in [0.1, 0.15) is 12.4 Å². The van der Waals surface area contributed by atoms with Gasteiger partial charge in [-0.25, -0.2) is 4.98 Å². The second-order valence-electron chi connectivity index (χ2n) is 5.29. The third-order valence-electron chi connectivity index (χ3n) is 3.33. The lowest BCUT2D eigenvalue weighted by Gasteiger charge is -2.12. The van der Waals surface area contributed by atoms with E-state index in [1.54, 1.807) is 29.8 Å². The molecule has 4 nitrogen and oxygen atoms in total. The maximum absolute atomic E-state index is 12.7. The van der Waals surface area contributed by atoms with E-state index in [-0.39, 0.29) is 34.5 Å². The predicted octanol–water partition coefficient (Wildman–Crippen LogP) is 5.59. The molecule has 0 radical (unpaired) electrons. The molecule has 0 aliphatic carbocycles. The normalized spacial score (nSPS) is 11.2. The molecule has 0 saturated carbocycles. The first kappa shape index (κ1) is 19.2. The van der Waals surface area contributed by atoms with Crippen LogP contribution >= 0.6 is 23.1 Å². The van der Waals surface area contributed by atoms with Crippen molar-refractivity contribution in [1.29, 1.82) is 0 Å². The molecule has 1 N–H and O–H groups in total. The molecular weight excluding hydrogens is 397 g/mol. The standard InChI is InChI=1S/C18H13F3N2O2S2/c19-18(20,21)27-16-7-2-1-6-15(16)23-17(24)12-4-3-5-14(8-12)25-9-13-10-26-11-22-13/h1-8,10-11H,9H2,(H,23,24). The zero-order valence-electron chi connectivity index (χ0n) is 13.7. The van der Waals surface area contributed by atoms with Gasteiger partial charge in [-0.3, -0.25) is 4.79 Å². The van der Waals surface area contributed by atoms with Gasteiger partial charge in [-0.1, -0.05) is 18.2 Å². The van der Waals surface area contributed by atoms with Crippen LogP contribution in [0.25, 0.3) is 0 Å². The quantitative estimate of drug-likeness (QED) is 0.539. The fraction of sp³-hybridized carbons (Fsp3) is 0.111. The Balaban J connectivity index is 1.70. The number of alkyl halides is 3. The van der Waals surface area contributed by atoms with Crippen LogP contribution in [0.2, 0.25) is 0 Å². The molecule has 0 aliphatic rings. The Morgan fingerprint density at radius 1 is 1.19 bits per heavy atom. The third-order valence-corrected chi connectivity index (χ3v) is 4.77. The minimum atomic E-state index is -4.44. The van der Waals surface area contributed by atoms with Crippen LogP contribution in [-0.2, 0) is 6.61 Å². The lowest BCUT2D eigenvalue weighted by Crippen LogP contribution is -2.13. The summed E-state index contributed by atoms with van der Waals surface area (Å²) in [5.74, 6) is -0.0575. The molecule has 0 bridgehead atoms. The fourth-order valence-electron chi connectivity index (χ4n) is 2.17. The van der Waals surface area contributed by atoms with Crippen LogP contribution in [0.5, 0.6) is 5.75 Å². The number of para-hydroxylation sites is 1. The molecular formula is C18H13F3N2O2S2. The molecule has 27 heavy (non-hydrogen) atoms. The van der Waals surface area contributed by atoms with Gasteiger partial charge >= 0.3 is 5.51 Å². The maximum atomic E-state index is 12.7. The van der Waals surface area contributed by atoms with Gasteiger partial charge in [-0.05, 0) is 42.1 Å². The molecule has 140 valence electrons. The van der Waals surface area contributed by atoms with E-state index in [1.165, 1.54) is 35.6 Å². The van der Waals surface area contributed by atoms with Crippen molar-refractivity contribution in [2.45, 2.75) is 17.0 Å². The fourth-order valence-corrected chi connectivity index (χ4v) is 3.34. The summed E-state index contributed by atoms with van der Waals surface area (Å²) >= 11 is 1.18. The maximum Gasteiger partial charge on any atom is 0.446 e. The van der Waals surface area contributed by atoms with E-state index in [1.807, 2.05) is 5.38 Å². The van der Waals surface area contributed by atoms with Crippen molar-refractivity contribution in [3.8, 4) is 5.75 Å². The van der Waals surface area contributed by atoms with Crippen LogP contribution in [-0.4, -0.2) is 16.4 Å². The molecule has 0 unspecified atom stereocenters. The largest absolute Gasteiger partial charge is 0.487 e. The van der Waals surface area contributed by atoms with Gasteiger partial charge in [0.15, 0.2) is 0 Å². The molecule has 0 atom stereocenters. The number of thioether (sulfide) groups is 1. The Labute approximate surface area is 161 Å². The molecule has 0 saturated heterocycles. The number of aromatic nitrogens is 1. The van der Waals surface area contributed by atoms with E-state index in [2.05, 4.69) is 10.3 Å². The summed E-state index contributed by atoms with van der Waals surface area (Å²) < 4.78 is 43.6. The van der Waals surface area contributed by atoms with Gasteiger partial charge in [-0.15, -0.1) is 11.3 Å². The molecule has 3 aromatic rings. The van der Waals surface area contributed by atoms with Crippen molar-refractivity contribution < 1.29 is 22.7 Å². The van der Waals surface area contributed by atoms with E-state index < -0.39 is 11.4 Å². The number of nitrogens with zero attached hydrogens (tertiary/aromatic N) is 1. The van der Waals surface area contributed by atoms with Gasteiger partial charge in [0.25, 0.3) is 5.91 Å². The van der Waals surface area contributed by atoms with Gasteiger partial charge < -0.3 is 10.1 Å². The second-order valence-corrected chi connectivity index (χ2v) is 7.12. The highest BCUT2D eigenvalue weighted by atomic mass is 32.2. The first-order chi connectivity index (χ1) is 12.9. The number of amides is 1. The van der Waals surface area contributed by atoms with Crippen molar-refractivity contribution in [1.82, 2.24) is 4.98 Å². The Kier molecular flexibility index (Phi) is 6.02. The summed E-state index contributed by atoms with van der Waals surface area (Å²) in [7, 11) is 0. The minimum absolute atomic E-state index is 0.0747. The molecule has 9 heteroatoms. The minimum Gasteiger partial charge on any atom is -0.487 e. The lowest BCUT2D eigenvalue weighted by atomic mass is 10.2. The zero-order chi connectivity index (χ0) is 19.3. The molecule has 1 amide bonds. The van der Waals surface area contributed by atoms with E-state index in [4.69, 9.17) is 4.74 Å². The van der Waals surface area contributed by atoms with Crippen LogP contribution in [0, 0.1) is 0 Å². The van der Waals surface area contributed by atoms with Crippen LogP contribution in [0.15, 0.2) is 64.3 Å². The number of hydrogen-bond acceptors (Lipinski definition) is 5. The Hall–Kier alpha value is -2.52. The van der Waals surface area contributed by atoms with Crippen molar-refractivity contribution >= 4 is 34.7 Å². The summed E-state index contributed by atoms with van der Waals surface area (Å²) in [6.07, 6.45) is 0. The van der Waals surface area contributed by atoms with Crippen molar-refractivity contribution in [3.05, 3.63) is 70.7 Å². The SMILES string of the molecule is O=C(Nc1ccccc1SC(F)(F)F)c1cccc(OCc2cscn2)c1. The number of halogens is 3. The van der Waals surface area contributed by atoms with E-state index in [0.717, 1.165) is 5.69 Å². The number of hydrogen-bond donors (Lipinski definition) is 1. The molecule has 3 rings (SSSR count). The number of carbonyl (C=O) groups is 1. The molecule has 0 aliphatic heterocycles. The number of ether oxygens (including phenoxy) is 1. The average molecular weight is 410 g/mol. The summed E-state index contributed by atoms with van der Waals surface area (Å²) in [5.41, 5.74) is -1.60. The lowest BCUT2D eigenvalue weighted by molar-refractivity contribution is -0.0328. The summed E-state index contributed by atoms with van der Waals surface area (Å²) in [6, 6.07) is 12.2. The molecule has 0 spiro atoms. The Morgan fingerprint density at radius 2 is 2.00 bits per heavy atom. The molecule has 2 aromatic carbocycles. The number of rotatable bonds is 6. The first-order valence-corrected chi connectivity index (χ1v) is 9.43. The van der Waals surface area contributed by atoms with Gasteiger partial charge in [-0.2, -0.15) is 13.2 Å². The van der Waals surface area contributed by atoms with Crippen molar-refractivity contribution in [3.63, 3.8) is 0 Å². The summed E-state index contributed by atoms with van der Waals surface area (Å²) in [5, 5.41) is 4.37. The summed E-state index contributed by atoms with van der Waals surface area (Å²) in [6.45, 7) is 0.264. The summed E-state index contributed by atoms with van der Waals surface area (Å²) in [4.78, 5) is 16.5. The van der Waals surface area contributed by atoms with Crippen LogP contribution in [0.3, 0.4) is 0 Å². The highest BCUT2D eigenvalue weighted by molar-refractivity contribution is 8.00. The van der Waals surface area contributed by atoms with Crippen molar-refractivity contribution in [2.24, 2.45) is 0 Å². The third kappa shape index (κ3) is 5.73. The van der Waals surface area contributed by atoms with E-state index >= 15 is 0 Å². The molecule has 0 fully saturated rings. The van der Waals surface area contributed by atoms with Crippen LogP contribution in [0.4, 0.5) is 18.9 Å². The number of carbonyl (C=O) groups excluding carboxylic acids is 1. The van der Waals surface area contributed by atoms with Crippen LogP contribution in [0.1, 0.15) is 16.1 Å². The Bertz CT molecular complexity index is 915. The molecule has 1 heterocycles. The topological polar surface area (TPSA) is 51.2 Å². The van der Waals surface area contributed by atoms with Gasteiger partial charge in [0.2, 0.25) is 0 Å². The number of benzene rings is 2. The first-order valence-electron chi connectivity index (χ1n) is 7.67. The van der Waals surface area contributed by atoms with Gasteiger partial charge in [0, 0.05) is 15.8 Å². The Morgan fingerprint density at radius 3 is 2.74 bits per heavy atom. The average Bonchev–Trinajstić information content (AvgIpc) is 3.14. The second kappa shape index (κ2) is 8.45. The highest BCUT2D eigenvalue weighted by Gasteiger charge is 2.30. The number of anilines is 1. The zero-order valence-corrected chi connectivity index (χ0v) is 15.3. The van der Waals surface area contributed by atoms with Crippen LogP contribution < -0.4 is 10.1 Å². The number of nitrogens with one attached hydrogen (secondary N) is 1. The molecule has 1 aromatic heterocycles.